The van der Waals surface area contributed by atoms with E-state index in [1.54, 1.807) is 13.0 Å². The third kappa shape index (κ3) is 4.70. The first-order valence-electron chi connectivity index (χ1n) is 8.15. The molecule has 138 valence electrons. The molecule has 0 aromatic heterocycles. The number of ether oxygens (including phenoxy) is 1. The van der Waals surface area contributed by atoms with Crippen molar-refractivity contribution in [3.63, 3.8) is 0 Å². The number of hydrogen-bond acceptors (Lipinski definition) is 3. The Kier molecular flexibility index (Phi) is 5.84. The SMILES string of the molecule is C[C@@H](Oc1ccc2ccccc2c1)C(=O)NNC(=O)c1ccc(Cl)cc1Cl. The number of hydrogen-bond donors (Lipinski definition) is 2. The smallest absolute Gasteiger partial charge is 0.279 e. The minimum Gasteiger partial charge on any atom is -0.481 e. The van der Waals surface area contributed by atoms with Crippen molar-refractivity contribution in [1.29, 1.82) is 0 Å². The van der Waals surface area contributed by atoms with E-state index in [1.165, 1.54) is 18.2 Å². The maximum Gasteiger partial charge on any atom is 0.279 e. The summed E-state index contributed by atoms with van der Waals surface area (Å²) in [7, 11) is 0. The van der Waals surface area contributed by atoms with Crippen LogP contribution in [0.25, 0.3) is 10.8 Å². The Bertz CT molecular complexity index is 1010. The molecular weight excluding hydrogens is 387 g/mol. The third-order valence-corrected chi connectivity index (χ3v) is 4.43. The van der Waals surface area contributed by atoms with Gasteiger partial charge in [0.25, 0.3) is 11.8 Å². The summed E-state index contributed by atoms with van der Waals surface area (Å²) in [4.78, 5) is 24.3. The van der Waals surface area contributed by atoms with Gasteiger partial charge < -0.3 is 4.74 Å². The molecule has 0 radical (unpaired) electrons. The number of nitrogens with one attached hydrogen (secondary N) is 2. The van der Waals surface area contributed by atoms with E-state index >= 15 is 0 Å². The molecule has 5 nitrogen and oxygen atoms in total. The van der Waals surface area contributed by atoms with Crippen molar-refractivity contribution in [2.75, 3.05) is 0 Å². The van der Waals surface area contributed by atoms with Crippen LogP contribution in [-0.2, 0) is 4.79 Å². The molecule has 7 heteroatoms. The molecule has 3 rings (SSSR count). The second-order valence-corrected chi connectivity index (χ2v) is 6.68. The van der Waals surface area contributed by atoms with Gasteiger partial charge in [0.1, 0.15) is 5.75 Å². The Morgan fingerprint density at radius 2 is 1.67 bits per heavy atom. The van der Waals surface area contributed by atoms with Crippen LogP contribution in [0.1, 0.15) is 17.3 Å². The Balaban J connectivity index is 1.59. The number of carbonyl (C=O) groups is 2. The van der Waals surface area contributed by atoms with Crippen LogP contribution in [0.2, 0.25) is 10.0 Å². The zero-order valence-electron chi connectivity index (χ0n) is 14.3. The first kappa shape index (κ1) is 19.0. The molecule has 0 aliphatic heterocycles. The summed E-state index contributed by atoms with van der Waals surface area (Å²) in [6.45, 7) is 1.59. The molecule has 27 heavy (non-hydrogen) atoms. The monoisotopic (exact) mass is 402 g/mol. The molecule has 0 heterocycles. The second kappa shape index (κ2) is 8.29. The third-order valence-electron chi connectivity index (χ3n) is 3.88. The van der Waals surface area contributed by atoms with Gasteiger partial charge in [0.15, 0.2) is 6.10 Å². The molecule has 2 amide bonds. The summed E-state index contributed by atoms with van der Waals surface area (Å²) in [6.07, 6.45) is -0.813. The van der Waals surface area contributed by atoms with Gasteiger partial charge in [0.2, 0.25) is 0 Å². The lowest BCUT2D eigenvalue weighted by atomic mass is 10.1. The van der Waals surface area contributed by atoms with E-state index in [1.807, 2.05) is 36.4 Å². The first-order chi connectivity index (χ1) is 12.9. The van der Waals surface area contributed by atoms with Crippen molar-refractivity contribution in [3.05, 3.63) is 76.3 Å². The van der Waals surface area contributed by atoms with Gasteiger partial charge in [-0.15, -0.1) is 0 Å². The van der Waals surface area contributed by atoms with Gasteiger partial charge in [-0.2, -0.15) is 0 Å². The van der Waals surface area contributed by atoms with Crippen molar-refractivity contribution in [2.45, 2.75) is 13.0 Å². The largest absolute Gasteiger partial charge is 0.481 e. The fourth-order valence-electron chi connectivity index (χ4n) is 2.46. The standard InChI is InChI=1S/C20H16Cl2N2O3/c1-12(27-16-8-6-13-4-2-3-5-14(13)10-16)19(25)23-24-20(26)17-9-7-15(21)11-18(17)22/h2-12H,1H3,(H,23,25)(H,24,26)/t12-/m1/s1. The lowest BCUT2D eigenvalue weighted by molar-refractivity contribution is -0.128. The zero-order valence-corrected chi connectivity index (χ0v) is 15.8. The molecule has 3 aromatic rings. The van der Waals surface area contributed by atoms with Crippen LogP contribution < -0.4 is 15.6 Å². The summed E-state index contributed by atoms with van der Waals surface area (Å²) < 4.78 is 5.65. The molecule has 0 bridgehead atoms. The van der Waals surface area contributed by atoms with Gasteiger partial charge in [-0.3, -0.25) is 20.4 Å². The van der Waals surface area contributed by atoms with Crippen LogP contribution >= 0.6 is 23.2 Å². The fraction of sp³-hybridized carbons (Fsp3) is 0.100. The van der Waals surface area contributed by atoms with Crippen molar-refractivity contribution < 1.29 is 14.3 Å². The summed E-state index contributed by atoms with van der Waals surface area (Å²) in [5.74, 6) is -0.493. The number of rotatable bonds is 4. The fourth-order valence-corrected chi connectivity index (χ4v) is 2.95. The molecule has 3 aromatic carbocycles. The molecule has 0 aliphatic rings. The number of hydrazine groups is 1. The lowest BCUT2D eigenvalue weighted by Gasteiger charge is -2.16. The van der Waals surface area contributed by atoms with E-state index in [-0.39, 0.29) is 10.6 Å². The molecule has 0 spiro atoms. The van der Waals surface area contributed by atoms with E-state index in [2.05, 4.69) is 10.9 Å². The Labute approximate surface area is 166 Å². The highest BCUT2D eigenvalue weighted by atomic mass is 35.5. The number of halogens is 2. The predicted molar refractivity (Wildman–Crippen MR) is 106 cm³/mol. The molecule has 1 atom stereocenters. The second-order valence-electron chi connectivity index (χ2n) is 5.84. The van der Waals surface area contributed by atoms with Gasteiger partial charge in [0, 0.05) is 5.02 Å². The van der Waals surface area contributed by atoms with E-state index in [9.17, 15) is 9.59 Å². The maximum absolute atomic E-state index is 12.2. The first-order valence-corrected chi connectivity index (χ1v) is 8.90. The molecule has 2 N–H and O–H groups in total. The average molecular weight is 403 g/mol. The van der Waals surface area contributed by atoms with E-state index in [0.29, 0.717) is 10.8 Å². The van der Waals surface area contributed by atoms with Crippen molar-refractivity contribution in [1.82, 2.24) is 10.9 Å². The summed E-state index contributed by atoms with van der Waals surface area (Å²) in [5, 5.41) is 2.69. The number of amides is 2. The molecule has 0 fully saturated rings. The topological polar surface area (TPSA) is 67.4 Å². The Hall–Kier alpha value is -2.76. The number of fused-ring (bicyclic) bond motifs is 1. The van der Waals surface area contributed by atoms with E-state index < -0.39 is 17.9 Å². The van der Waals surface area contributed by atoms with E-state index in [4.69, 9.17) is 27.9 Å². The van der Waals surface area contributed by atoms with Crippen molar-refractivity contribution in [3.8, 4) is 5.75 Å². The number of benzene rings is 3. The van der Waals surface area contributed by atoms with Gasteiger partial charge in [-0.25, -0.2) is 0 Å². The highest BCUT2D eigenvalue weighted by Gasteiger charge is 2.17. The number of carbonyl (C=O) groups excluding carboxylic acids is 2. The van der Waals surface area contributed by atoms with Crippen LogP contribution in [0.5, 0.6) is 5.75 Å². The van der Waals surface area contributed by atoms with Crippen LogP contribution in [0.4, 0.5) is 0 Å². The zero-order chi connectivity index (χ0) is 19.4. The van der Waals surface area contributed by atoms with Gasteiger partial charge >= 0.3 is 0 Å². The lowest BCUT2D eigenvalue weighted by Crippen LogP contribution is -2.47. The molecule has 0 aliphatic carbocycles. The summed E-state index contributed by atoms with van der Waals surface area (Å²) >= 11 is 11.8. The van der Waals surface area contributed by atoms with Gasteiger partial charge in [0.05, 0.1) is 10.6 Å². The molecule has 0 saturated carbocycles. The average Bonchev–Trinajstić information content (AvgIpc) is 2.65. The molecular formula is C20H16Cl2N2O3. The highest BCUT2D eigenvalue weighted by molar-refractivity contribution is 6.36. The predicted octanol–water partition coefficient (Wildman–Crippen LogP) is 4.38. The van der Waals surface area contributed by atoms with Gasteiger partial charge in [-0.1, -0.05) is 53.5 Å². The summed E-state index contributed by atoms with van der Waals surface area (Å²) in [6, 6.07) is 17.9. The van der Waals surface area contributed by atoms with Crippen LogP contribution in [-0.4, -0.2) is 17.9 Å². The summed E-state index contributed by atoms with van der Waals surface area (Å²) in [5.41, 5.74) is 4.83. The quantitative estimate of drug-likeness (QED) is 0.636. The Morgan fingerprint density at radius 3 is 2.41 bits per heavy atom. The van der Waals surface area contributed by atoms with Crippen LogP contribution in [0, 0.1) is 0 Å². The Morgan fingerprint density at radius 1 is 0.926 bits per heavy atom. The maximum atomic E-state index is 12.2. The molecule has 0 unspecified atom stereocenters. The highest BCUT2D eigenvalue weighted by Crippen LogP contribution is 2.22. The van der Waals surface area contributed by atoms with Crippen molar-refractivity contribution in [2.24, 2.45) is 0 Å². The van der Waals surface area contributed by atoms with Crippen molar-refractivity contribution >= 4 is 45.8 Å². The van der Waals surface area contributed by atoms with E-state index in [0.717, 1.165) is 10.8 Å². The van der Waals surface area contributed by atoms with Crippen LogP contribution in [0.3, 0.4) is 0 Å². The normalized spacial score (nSPS) is 11.7. The van der Waals surface area contributed by atoms with Crippen LogP contribution in [0.15, 0.2) is 60.7 Å². The minimum atomic E-state index is -0.813. The van der Waals surface area contributed by atoms with Gasteiger partial charge in [-0.05, 0) is 48.0 Å². The minimum absolute atomic E-state index is 0.190. The molecule has 0 saturated heterocycles.